The van der Waals surface area contributed by atoms with Gasteiger partial charge in [-0.05, 0) is 22.3 Å². The minimum atomic E-state index is -2.67. The van der Waals surface area contributed by atoms with Crippen LogP contribution in [-0.4, -0.2) is 10.3 Å². The van der Waals surface area contributed by atoms with Gasteiger partial charge in [-0.2, -0.15) is 0 Å². The first-order chi connectivity index (χ1) is 12.9. The van der Waals surface area contributed by atoms with Crippen molar-refractivity contribution in [1.82, 2.24) is 0 Å². The van der Waals surface area contributed by atoms with Crippen LogP contribution in [0.4, 0.5) is 0 Å². The Hall–Kier alpha value is -1.10. The lowest BCUT2D eigenvalue weighted by Gasteiger charge is -2.42. The van der Waals surface area contributed by atoms with Crippen molar-refractivity contribution in [1.29, 1.82) is 0 Å². The first-order valence-corrected chi connectivity index (χ1v) is 14.2. The maximum atomic E-state index is 14.7. The summed E-state index contributed by atoms with van der Waals surface area (Å²) in [5.41, 5.74) is 4.42. The maximum absolute atomic E-state index is 14.7. The van der Waals surface area contributed by atoms with Crippen LogP contribution in [0, 0.1) is 0 Å². The molecule has 0 unspecified atom stereocenters. The smallest absolute Gasteiger partial charge is 0.105 e. The van der Waals surface area contributed by atoms with Crippen LogP contribution in [0.15, 0.2) is 48.5 Å². The third-order valence-corrected chi connectivity index (χ3v) is 16.4. The number of rotatable bonds is 1. The van der Waals surface area contributed by atoms with Gasteiger partial charge in [0.05, 0.1) is 11.3 Å². The summed E-state index contributed by atoms with van der Waals surface area (Å²) < 4.78 is 29.4. The predicted octanol–water partition coefficient (Wildman–Crippen LogP) is 7.82. The zero-order valence-electron chi connectivity index (χ0n) is 17.9. The summed E-state index contributed by atoms with van der Waals surface area (Å²) in [6, 6.07) is 16.7. The summed E-state index contributed by atoms with van der Waals surface area (Å²) in [4.78, 5) is 0. The Bertz CT molecular complexity index is 940. The summed E-state index contributed by atoms with van der Waals surface area (Å²) in [5.74, 6) is 0. The topological polar surface area (TPSA) is 34.1 Å². The van der Waals surface area contributed by atoms with E-state index in [9.17, 15) is 9.13 Å². The number of fused-ring (bicyclic) bond motifs is 2. The highest BCUT2D eigenvalue weighted by molar-refractivity contribution is 7.69. The Morgan fingerprint density at radius 1 is 0.643 bits per heavy atom. The Morgan fingerprint density at radius 3 is 1.29 bits per heavy atom. The first-order valence-electron chi connectivity index (χ1n) is 10.2. The molecule has 0 bridgehead atoms. The molecule has 2 aromatic rings. The molecule has 0 saturated heterocycles. The highest BCUT2D eigenvalue weighted by Crippen LogP contribution is 2.87. The Kier molecular flexibility index (Phi) is 4.47. The van der Waals surface area contributed by atoms with E-state index in [0.29, 0.717) is 12.3 Å². The Labute approximate surface area is 169 Å². The SMILES string of the molecule is CC(C)(C)[P@@]1(=O)Cc2ccccc2[C@H]1[C@@H]1c2ccccc2C[P@]1(=O)C(C)(C)C. The molecular formula is C24H32O2P2. The molecule has 4 atom stereocenters. The molecular weight excluding hydrogens is 382 g/mol. The van der Waals surface area contributed by atoms with Crippen molar-refractivity contribution in [2.45, 2.75) is 75.5 Å². The summed E-state index contributed by atoms with van der Waals surface area (Å²) in [6.45, 7) is 12.6. The second kappa shape index (κ2) is 6.20. The molecule has 2 nitrogen and oxygen atoms in total. The monoisotopic (exact) mass is 414 g/mol. The van der Waals surface area contributed by atoms with Crippen molar-refractivity contribution in [2.24, 2.45) is 0 Å². The number of benzene rings is 2. The fourth-order valence-corrected chi connectivity index (χ4v) is 13.7. The van der Waals surface area contributed by atoms with Gasteiger partial charge < -0.3 is 9.13 Å². The molecule has 4 rings (SSSR count). The zero-order valence-corrected chi connectivity index (χ0v) is 19.7. The van der Waals surface area contributed by atoms with Gasteiger partial charge in [-0.25, -0.2) is 0 Å². The molecule has 0 aliphatic carbocycles. The van der Waals surface area contributed by atoms with Crippen molar-refractivity contribution in [3.8, 4) is 0 Å². The fourth-order valence-electron chi connectivity index (χ4n) is 5.19. The van der Waals surface area contributed by atoms with Crippen LogP contribution in [0.25, 0.3) is 0 Å². The van der Waals surface area contributed by atoms with Gasteiger partial charge in [0.15, 0.2) is 0 Å². The van der Waals surface area contributed by atoms with E-state index in [1.807, 2.05) is 24.3 Å². The maximum Gasteiger partial charge on any atom is 0.105 e. The second-order valence-electron chi connectivity index (χ2n) is 10.5. The van der Waals surface area contributed by atoms with Gasteiger partial charge in [-0.3, -0.25) is 0 Å². The van der Waals surface area contributed by atoms with Crippen molar-refractivity contribution < 1.29 is 9.13 Å². The largest absolute Gasteiger partial charge is 0.322 e. The van der Waals surface area contributed by atoms with E-state index < -0.39 is 14.3 Å². The zero-order chi connectivity index (χ0) is 20.5. The van der Waals surface area contributed by atoms with Gasteiger partial charge in [0, 0.05) is 22.6 Å². The van der Waals surface area contributed by atoms with Crippen LogP contribution >= 0.6 is 14.3 Å². The Balaban J connectivity index is 2.03. The second-order valence-corrected chi connectivity index (χ2v) is 18.1. The highest BCUT2D eigenvalue weighted by Gasteiger charge is 2.60. The molecule has 4 heteroatoms. The van der Waals surface area contributed by atoms with Gasteiger partial charge in [-0.15, -0.1) is 0 Å². The van der Waals surface area contributed by atoms with Crippen molar-refractivity contribution in [3.05, 3.63) is 70.8 Å². The van der Waals surface area contributed by atoms with Gasteiger partial charge in [-0.1, -0.05) is 90.1 Å². The minimum absolute atomic E-state index is 0.155. The Morgan fingerprint density at radius 2 is 0.964 bits per heavy atom. The molecule has 28 heavy (non-hydrogen) atoms. The van der Waals surface area contributed by atoms with Crippen LogP contribution < -0.4 is 0 Å². The molecule has 2 aliphatic heterocycles. The quantitative estimate of drug-likeness (QED) is 0.446. The summed E-state index contributed by atoms with van der Waals surface area (Å²) in [6.07, 6.45) is 1.25. The van der Waals surface area contributed by atoms with Crippen molar-refractivity contribution in [3.63, 3.8) is 0 Å². The molecule has 2 heterocycles. The molecule has 0 fully saturated rings. The van der Waals surface area contributed by atoms with Gasteiger partial charge in [0.1, 0.15) is 14.3 Å². The lowest BCUT2D eigenvalue weighted by molar-refractivity contribution is 0.521. The molecule has 2 aromatic carbocycles. The van der Waals surface area contributed by atoms with Gasteiger partial charge in [0.25, 0.3) is 0 Å². The van der Waals surface area contributed by atoms with Gasteiger partial charge >= 0.3 is 0 Å². The summed E-state index contributed by atoms with van der Waals surface area (Å²) in [5, 5.41) is -0.645. The van der Waals surface area contributed by atoms with E-state index in [1.54, 1.807) is 0 Å². The van der Waals surface area contributed by atoms with E-state index in [2.05, 4.69) is 65.8 Å². The average Bonchev–Trinajstić information content (AvgIpc) is 3.05. The lowest BCUT2D eigenvalue weighted by atomic mass is 9.98. The van der Waals surface area contributed by atoms with Gasteiger partial charge in [0.2, 0.25) is 0 Å². The predicted molar refractivity (Wildman–Crippen MR) is 120 cm³/mol. The molecule has 0 spiro atoms. The summed E-state index contributed by atoms with van der Waals surface area (Å²) >= 11 is 0. The van der Waals surface area contributed by atoms with Crippen LogP contribution in [-0.2, 0) is 21.5 Å². The van der Waals surface area contributed by atoms with Crippen molar-refractivity contribution in [2.75, 3.05) is 0 Å². The van der Waals surface area contributed by atoms with E-state index in [-0.39, 0.29) is 21.6 Å². The normalized spacial score (nSPS) is 32.2. The standard InChI is InChI=1S/C24H32O2P2/c1-23(2,3)27(25)15-17-11-7-9-13-19(17)21(27)22-20-14-10-8-12-18(20)16-28(22,26)24(4,5)6/h7-14,21-22H,15-16H2,1-6H3/t21-,22-,27+,28+/m0/s1. The van der Waals surface area contributed by atoms with E-state index in [1.165, 1.54) is 22.3 Å². The van der Waals surface area contributed by atoms with E-state index >= 15 is 0 Å². The third kappa shape index (κ3) is 2.68. The molecule has 0 N–H and O–H groups in total. The van der Waals surface area contributed by atoms with E-state index in [0.717, 1.165) is 0 Å². The molecule has 0 amide bonds. The van der Waals surface area contributed by atoms with Crippen LogP contribution in [0.3, 0.4) is 0 Å². The average molecular weight is 414 g/mol. The van der Waals surface area contributed by atoms with Crippen molar-refractivity contribution >= 4 is 14.3 Å². The molecule has 0 saturated carbocycles. The van der Waals surface area contributed by atoms with E-state index in [4.69, 9.17) is 0 Å². The lowest BCUT2D eigenvalue weighted by Crippen LogP contribution is -2.24. The third-order valence-electron chi connectivity index (χ3n) is 7.03. The van der Waals surface area contributed by atoms with Crippen LogP contribution in [0.1, 0.15) is 75.1 Å². The number of hydrogen-bond donors (Lipinski definition) is 0. The minimum Gasteiger partial charge on any atom is -0.322 e. The molecule has 2 aliphatic rings. The molecule has 0 aromatic heterocycles. The fraction of sp³-hybridized carbons (Fsp3) is 0.500. The highest BCUT2D eigenvalue weighted by atomic mass is 31.2. The number of hydrogen-bond acceptors (Lipinski definition) is 2. The van der Waals surface area contributed by atoms with Crippen LogP contribution in [0.2, 0.25) is 0 Å². The summed E-state index contributed by atoms with van der Waals surface area (Å²) in [7, 11) is -5.34. The molecule has 150 valence electrons. The molecule has 0 radical (unpaired) electrons. The first kappa shape index (κ1) is 20.2. The van der Waals surface area contributed by atoms with Crippen LogP contribution in [0.5, 0.6) is 0 Å².